The molecule has 1 aliphatic rings. The second kappa shape index (κ2) is 6.11. The van der Waals surface area contributed by atoms with E-state index in [-0.39, 0.29) is 0 Å². The van der Waals surface area contributed by atoms with Gasteiger partial charge in [-0.2, -0.15) is 11.3 Å². The average molecular weight is 326 g/mol. The van der Waals surface area contributed by atoms with Gasteiger partial charge in [-0.25, -0.2) is 0 Å². The number of nitrogens with one attached hydrogen (secondary N) is 2. The predicted molar refractivity (Wildman–Crippen MR) is 96.1 cm³/mol. The molecule has 3 nitrogen and oxygen atoms in total. The molecule has 0 radical (unpaired) electrons. The zero-order valence-electron chi connectivity index (χ0n) is 13.3. The lowest BCUT2D eigenvalue weighted by Crippen LogP contribution is -2.36. The molecule has 0 saturated carbocycles. The molecule has 0 bridgehead atoms. The molecule has 4 heteroatoms. The van der Waals surface area contributed by atoms with Crippen molar-refractivity contribution in [3.05, 3.63) is 57.4 Å². The largest absolute Gasteiger partial charge is 0.387 e. The number of aryl methyl sites for hydroxylation is 2. The quantitative estimate of drug-likeness (QED) is 0.684. The Morgan fingerprint density at radius 3 is 3.13 bits per heavy atom. The van der Waals surface area contributed by atoms with Gasteiger partial charge in [0.25, 0.3) is 0 Å². The minimum absolute atomic E-state index is 0.409. The molecule has 2 unspecified atom stereocenters. The zero-order chi connectivity index (χ0) is 15.8. The third-order valence-corrected chi connectivity index (χ3v) is 5.57. The molecule has 3 N–H and O–H groups in total. The van der Waals surface area contributed by atoms with E-state index in [1.165, 1.54) is 27.7 Å². The van der Waals surface area contributed by atoms with Gasteiger partial charge in [0.1, 0.15) is 0 Å². The molecule has 2 heterocycles. The highest BCUT2D eigenvalue weighted by atomic mass is 32.1. The van der Waals surface area contributed by atoms with Crippen LogP contribution < -0.4 is 5.32 Å². The van der Waals surface area contributed by atoms with E-state index < -0.39 is 6.10 Å². The Morgan fingerprint density at radius 2 is 2.30 bits per heavy atom. The van der Waals surface area contributed by atoms with E-state index in [1.54, 1.807) is 11.3 Å². The van der Waals surface area contributed by atoms with Crippen LogP contribution in [0.3, 0.4) is 0 Å². The minimum Gasteiger partial charge on any atom is -0.387 e. The first kappa shape index (κ1) is 14.9. The first-order chi connectivity index (χ1) is 11.2. The van der Waals surface area contributed by atoms with Crippen molar-refractivity contribution in [3.63, 3.8) is 0 Å². The first-order valence-corrected chi connectivity index (χ1v) is 9.18. The van der Waals surface area contributed by atoms with E-state index in [1.807, 2.05) is 16.8 Å². The van der Waals surface area contributed by atoms with Gasteiger partial charge in [-0.1, -0.05) is 11.6 Å². The molecule has 0 aliphatic heterocycles. The Balaban J connectivity index is 1.48. The summed E-state index contributed by atoms with van der Waals surface area (Å²) in [5.74, 6) is 0. The van der Waals surface area contributed by atoms with E-state index in [9.17, 15) is 5.11 Å². The summed E-state index contributed by atoms with van der Waals surface area (Å²) in [6, 6.07) is 9.07. The first-order valence-electron chi connectivity index (χ1n) is 8.24. The second-order valence-electron chi connectivity index (χ2n) is 6.55. The van der Waals surface area contributed by atoms with Crippen molar-refractivity contribution < 1.29 is 5.11 Å². The van der Waals surface area contributed by atoms with Crippen LogP contribution in [0, 0.1) is 6.92 Å². The summed E-state index contributed by atoms with van der Waals surface area (Å²) in [5, 5.41) is 19.2. The maximum absolute atomic E-state index is 10.2. The number of fused-ring (bicyclic) bond motifs is 3. The lowest BCUT2D eigenvalue weighted by molar-refractivity contribution is 0.168. The third-order valence-electron chi connectivity index (χ3n) is 4.87. The van der Waals surface area contributed by atoms with Gasteiger partial charge >= 0.3 is 0 Å². The molecule has 120 valence electrons. The number of hydrogen-bond acceptors (Lipinski definition) is 3. The van der Waals surface area contributed by atoms with Gasteiger partial charge in [-0.05, 0) is 66.3 Å². The fourth-order valence-corrected chi connectivity index (χ4v) is 4.27. The van der Waals surface area contributed by atoms with Crippen molar-refractivity contribution in [2.45, 2.75) is 38.3 Å². The molecule has 3 aromatic rings. The summed E-state index contributed by atoms with van der Waals surface area (Å²) in [7, 11) is 0. The number of aliphatic hydroxyl groups is 1. The Hall–Kier alpha value is -1.62. The Bertz CT molecular complexity index is 806. The molecule has 0 spiro atoms. The summed E-state index contributed by atoms with van der Waals surface area (Å²) in [4.78, 5) is 3.58. The number of thiophene rings is 1. The summed E-state index contributed by atoms with van der Waals surface area (Å²) < 4.78 is 0. The van der Waals surface area contributed by atoms with E-state index in [0.29, 0.717) is 12.6 Å². The van der Waals surface area contributed by atoms with Crippen LogP contribution >= 0.6 is 11.3 Å². The van der Waals surface area contributed by atoms with Gasteiger partial charge in [0.2, 0.25) is 0 Å². The summed E-state index contributed by atoms with van der Waals surface area (Å²) >= 11 is 1.63. The molecule has 1 aromatic carbocycles. The van der Waals surface area contributed by atoms with Crippen LogP contribution in [0.5, 0.6) is 0 Å². The molecule has 0 amide bonds. The molecule has 4 rings (SSSR count). The van der Waals surface area contributed by atoms with Gasteiger partial charge in [0, 0.05) is 29.2 Å². The summed E-state index contributed by atoms with van der Waals surface area (Å²) in [6.45, 7) is 2.77. The van der Waals surface area contributed by atoms with E-state index in [0.717, 1.165) is 24.8 Å². The molecule has 23 heavy (non-hydrogen) atoms. The number of benzene rings is 1. The maximum Gasteiger partial charge on any atom is 0.0922 e. The molecule has 2 aromatic heterocycles. The molecule has 2 atom stereocenters. The van der Waals surface area contributed by atoms with Crippen molar-refractivity contribution in [1.29, 1.82) is 0 Å². The number of aliphatic hydroxyl groups excluding tert-OH is 1. The third kappa shape index (κ3) is 2.94. The Kier molecular flexibility index (Phi) is 3.97. The summed E-state index contributed by atoms with van der Waals surface area (Å²) in [5.41, 5.74) is 6.42. The Labute approximate surface area is 140 Å². The molecular weight excluding hydrogens is 304 g/mol. The highest BCUT2D eigenvalue weighted by Crippen LogP contribution is 2.30. The van der Waals surface area contributed by atoms with Crippen LogP contribution in [0.15, 0.2) is 35.0 Å². The smallest absolute Gasteiger partial charge is 0.0922 e. The van der Waals surface area contributed by atoms with Crippen molar-refractivity contribution in [1.82, 2.24) is 10.3 Å². The van der Waals surface area contributed by atoms with Crippen molar-refractivity contribution in [2.75, 3.05) is 6.54 Å². The highest BCUT2D eigenvalue weighted by molar-refractivity contribution is 7.07. The van der Waals surface area contributed by atoms with E-state index in [4.69, 9.17) is 0 Å². The van der Waals surface area contributed by atoms with E-state index in [2.05, 4.69) is 35.4 Å². The normalized spacial score (nSPS) is 19.0. The topological polar surface area (TPSA) is 48.0 Å². The van der Waals surface area contributed by atoms with Gasteiger partial charge in [-0.15, -0.1) is 0 Å². The minimum atomic E-state index is -0.409. The number of hydrogen-bond donors (Lipinski definition) is 3. The molecule has 0 saturated heterocycles. The fraction of sp³-hybridized carbons (Fsp3) is 0.368. The van der Waals surface area contributed by atoms with Gasteiger partial charge in [0.05, 0.1) is 6.10 Å². The van der Waals surface area contributed by atoms with Gasteiger partial charge in [0.15, 0.2) is 0 Å². The predicted octanol–water partition coefficient (Wildman–Crippen LogP) is 3.72. The van der Waals surface area contributed by atoms with Crippen LogP contribution in [-0.2, 0) is 12.8 Å². The molecule has 1 aliphatic carbocycles. The second-order valence-corrected chi connectivity index (χ2v) is 7.33. The monoisotopic (exact) mass is 326 g/mol. The van der Waals surface area contributed by atoms with Gasteiger partial charge in [-0.3, -0.25) is 0 Å². The number of aromatic amines is 1. The van der Waals surface area contributed by atoms with Gasteiger partial charge < -0.3 is 15.4 Å². The lowest BCUT2D eigenvalue weighted by atomic mass is 9.91. The van der Waals surface area contributed by atoms with Crippen molar-refractivity contribution >= 4 is 22.2 Å². The zero-order valence-corrected chi connectivity index (χ0v) is 14.1. The highest BCUT2D eigenvalue weighted by Gasteiger charge is 2.23. The van der Waals surface area contributed by atoms with Crippen molar-refractivity contribution in [3.8, 4) is 0 Å². The lowest BCUT2D eigenvalue weighted by Gasteiger charge is -2.25. The maximum atomic E-state index is 10.2. The number of rotatable bonds is 4. The fourth-order valence-electron chi connectivity index (χ4n) is 3.57. The molecular formula is C19H22N2OS. The van der Waals surface area contributed by atoms with Crippen LogP contribution in [0.2, 0.25) is 0 Å². The Morgan fingerprint density at radius 1 is 1.39 bits per heavy atom. The average Bonchev–Trinajstić information content (AvgIpc) is 3.20. The summed E-state index contributed by atoms with van der Waals surface area (Å²) in [6.07, 6.45) is 2.83. The van der Waals surface area contributed by atoms with Crippen LogP contribution in [0.1, 0.15) is 34.9 Å². The van der Waals surface area contributed by atoms with Crippen LogP contribution in [0.4, 0.5) is 0 Å². The van der Waals surface area contributed by atoms with Crippen molar-refractivity contribution in [2.24, 2.45) is 0 Å². The number of aromatic nitrogens is 1. The van der Waals surface area contributed by atoms with Crippen LogP contribution in [0.25, 0.3) is 10.9 Å². The van der Waals surface area contributed by atoms with E-state index >= 15 is 0 Å². The SMILES string of the molecule is Cc1ccc2[nH]c3c(c2c1)CC(NCC(O)c1ccsc1)CC3. The van der Waals surface area contributed by atoms with Crippen LogP contribution in [-0.4, -0.2) is 22.7 Å². The standard InChI is InChI=1S/C19H22N2OS/c1-12-2-4-17-15(8-12)16-9-14(3-5-18(16)21-17)20-10-19(22)13-6-7-23-11-13/h2,4,6-8,11,14,19-22H,3,5,9-10H2,1H3. The number of H-pyrrole nitrogens is 1. The molecule has 0 fully saturated rings.